The first-order valence-corrected chi connectivity index (χ1v) is 10.8. The number of hydrogen-bond donors (Lipinski definition) is 2. The molecule has 0 atom stereocenters. The van der Waals surface area contributed by atoms with Crippen LogP contribution in [0.2, 0.25) is 0 Å². The van der Waals surface area contributed by atoms with Crippen LogP contribution in [-0.2, 0) is 13.1 Å². The second-order valence-corrected chi connectivity index (χ2v) is 8.32. The maximum absolute atomic E-state index is 13.9. The minimum absolute atomic E-state index is 0.0125. The number of aromatic nitrogens is 1. The van der Waals surface area contributed by atoms with Crippen molar-refractivity contribution in [1.82, 2.24) is 14.9 Å². The number of aromatic hydroxyl groups is 1. The van der Waals surface area contributed by atoms with Crippen molar-refractivity contribution in [3.63, 3.8) is 0 Å². The fraction of sp³-hybridized carbons (Fsp3) is 0.208. The Hall–Kier alpha value is -4.61. The lowest BCUT2D eigenvalue weighted by molar-refractivity contribution is 0.0678. The van der Waals surface area contributed by atoms with E-state index in [1.54, 1.807) is 30.3 Å². The number of rotatable bonds is 5. The standard InChI is InChI=1S/C24H20F2N4O6/c1-28-11-29(9-13-2-5-18-19(6-13)36-12-35-18)24(34)20-22(32)21(31)16(10-30(20)28)23(33)27-8-14-3-4-15(25)7-17(14)26/h2-7,10,32H,8-9,11-12H2,1H3,(H,27,33). The van der Waals surface area contributed by atoms with Gasteiger partial charge in [0.2, 0.25) is 12.2 Å². The van der Waals surface area contributed by atoms with Crippen molar-refractivity contribution in [2.24, 2.45) is 0 Å². The van der Waals surface area contributed by atoms with Crippen molar-refractivity contribution >= 4 is 11.8 Å². The third-order valence-corrected chi connectivity index (χ3v) is 5.91. The zero-order chi connectivity index (χ0) is 25.6. The number of ether oxygens (including phenoxy) is 2. The number of fused-ring (bicyclic) bond motifs is 2. The summed E-state index contributed by atoms with van der Waals surface area (Å²) in [5.74, 6) is -2.85. The Morgan fingerprint density at radius 1 is 1.11 bits per heavy atom. The van der Waals surface area contributed by atoms with Gasteiger partial charge in [-0.2, -0.15) is 0 Å². The van der Waals surface area contributed by atoms with Crippen LogP contribution in [0.15, 0.2) is 47.4 Å². The largest absolute Gasteiger partial charge is 0.502 e. The van der Waals surface area contributed by atoms with E-state index in [9.17, 15) is 28.3 Å². The fourth-order valence-corrected chi connectivity index (χ4v) is 4.07. The molecule has 2 aliphatic rings. The quantitative estimate of drug-likeness (QED) is 0.550. The monoisotopic (exact) mass is 498 g/mol. The van der Waals surface area contributed by atoms with Gasteiger partial charge in [-0.1, -0.05) is 12.1 Å². The van der Waals surface area contributed by atoms with Crippen LogP contribution in [0.1, 0.15) is 32.0 Å². The van der Waals surface area contributed by atoms with Gasteiger partial charge in [-0.25, -0.2) is 8.78 Å². The van der Waals surface area contributed by atoms with Crippen molar-refractivity contribution in [1.29, 1.82) is 0 Å². The van der Waals surface area contributed by atoms with Crippen LogP contribution in [0.5, 0.6) is 17.2 Å². The van der Waals surface area contributed by atoms with E-state index in [4.69, 9.17) is 9.47 Å². The summed E-state index contributed by atoms with van der Waals surface area (Å²) in [4.78, 5) is 40.1. The molecule has 0 saturated carbocycles. The average Bonchev–Trinajstić information content (AvgIpc) is 3.31. The summed E-state index contributed by atoms with van der Waals surface area (Å²) in [6.45, 7) is 0.0530. The van der Waals surface area contributed by atoms with E-state index in [0.717, 1.165) is 17.8 Å². The molecule has 3 aromatic rings. The molecule has 12 heteroatoms. The fourth-order valence-electron chi connectivity index (χ4n) is 4.07. The van der Waals surface area contributed by atoms with Crippen LogP contribution in [0.4, 0.5) is 8.78 Å². The number of carbonyl (C=O) groups is 2. The lowest BCUT2D eigenvalue weighted by atomic mass is 10.1. The number of pyridine rings is 1. The van der Waals surface area contributed by atoms with E-state index in [1.807, 2.05) is 0 Å². The number of carbonyl (C=O) groups excluding carboxylic acids is 2. The molecule has 2 aliphatic heterocycles. The van der Waals surface area contributed by atoms with Crippen LogP contribution < -0.4 is 25.2 Å². The average molecular weight is 498 g/mol. The van der Waals surface area contributed by atoms with Gasteiger partial charge in [0.25, 0.3) is 11.8 Å². The number of nitrogens with one attached hydrogen (secondary N) is 1. The van der Waals surface area contributed by atoms with Gasteiger partial charge in [0.05, 0.1) is 0 Å². The summed E-state index contributed by atoms with van der Waals surface area (Å²) >= 11 is 0. The van der Waals surface area contributed by atoms with E-state index in [2.05, 4.69) is 5.32 Å². The van der Waals surface area contributed by atoms with Crippen molar-refractivity contribution in [2.45, 2.75) is 13.1 Å². The van der Waals surface area contributed by atoms with Crippen LogP contribution in [-0.4, -0.2) is 47.0 Å². The molecule has 0 saturated heterocycles. The Bertz CT molecular complexity index is 1460. The first kappa shape index (κ1) is 23.1. The summed E-state index contributed by atoms with van der Waals surface area (Å²) in [6, 6.07) is 8.14. The molecule has 0 aliphatic carbocycles. The van der Waals surface area contributed by atoms with Gasteiger partial charge in [-0.05, 0) is 23.8 Å². The number of nitrogens with zero attached hydrogens (tertiary/aromatic N) is 3. The predicted molar refractivity (Wildman–Crippen MR) is 121 cm³/mol. The zero-order valence-corrected chi connectivity index (χ0v) is 19.0. The maximum atomic E-state index is 13.9. The maximum Gasteiger partial charge on any atom is 0.278 e. The molecule has 3 heterocycles. The lowest BCUT2D eigenvalue weighted by Gasteiger charge is -2.37. The highest BCUT2D eigenvalue weighted by Crippen LogP contribution is 2.33. The Morgan fingerprint density at radius 2 is 1.89 bits per heavy atom. The highest BCUT2D eigenvalue weighted by Gasteiger charge is 2.33. The normalized spacial score (nSPS) is 14.1. The molecule has 10 nitrogen and oxygen atoms in total. The van der Waals surface area contributed by atoms with E-state index in [0.29, 0.717) is 17.6 Å². The van der Waals surface area contributed by atoms with E-state index in [1.165, 1.54) is 15.6 Å². The molecular formula is C24H20F2N4O6. The summed E-state index contributed by atoms with van der Waals surface area (Å²) in [7, 11) is 1.61. The molecular weight excluding hydrogens is 478 g/mol. The first-order chi connectivity index (χ1) is 17.2. The number of amides is 2. The third-order valence-electron chi connectivity index (χ3n) is 5.91. The Labute approximate surface area is 202 Å². The molecule has 0 bridgehead atoms. The lowest BCUT2D eigenvalue weighted by Crippen LogP contribution is -2.52. The molecule has 0 unspecified atom stereocenters. The highest BCUT2D eigenvalue weighted by atomic mass is 19.1. The Morgan fingerprint density at radius 3 is 2.67 bits per heavy atom. The minimum atomic E-state index is -1.05. The van der Waals surface area contributed by atoms with Crippen molar-refractivity contribution in [2.75, 3.05) is 25.5 Å². The second-order valence-electron chi connectivity index (χ2n) is 8.32. The summed E-state index contributed by atoms with van der Waals surface area (Å²) in [5.41, 5.74) is -1.03. The Kier molecular flexibility index (Phi) is 5.71. The molecule has 0 fully saturated rings. The predicted octanol–water partition coefficient (Wildman–Crippen LogP) is 1.67. The van der Waals surface area contributed by atoms with Crippen LogP contribution in [0, 0.1) is 11.6 Å². The van der Waals surface area contributed by atoms with Gasteiger partial charge in [-0.3, -0.25) is 24.1 Å². The summed E-state index contributed by atoms with van der Waals surface area (Å²) < 4.78 is 38.8. The molecule has 2 amide bonds. The first-order valence-electron chi connectivity index (χ1n) is 10.8. The topological polar surface area (TPSA) is 113 Å². The second kappa shape index (κ2) is 8.87. The zero-order valence-electron chi connectivity index (χ0n) is 19.0. The van der Waals surface area contributed by atoms with Gasteiger partial charge >= 0.3 is 0 Å². The van der Waals surface area contributed by atoms with Gasteiger partial charge < -0.3 is 24.8 Å². The van der Waals surface area contributed by atoms with Crippen molar-refractivity contribution in [3.05, 3.63) is 86.8 Å². The van der Waals surface area contributed by atoms with Gasteiger partial charge in [0, 0.05) is 38.0 Å². The van der Waals surface area contributed by atoms with Crippen molar-refractivity contribution < 1.29 is 33.0 Å². The number of benzene rings is 2. The van der Waals surface area contributed by atoms with E-state index >= 15 is 0 Å². The smallest absolute Gasteiger partial charge is 0.278 e. The SMILES string of the molecule is CN1CN(Cc2ccc3c(c2)OCO3)C(=O)c2c(O)c(=O)c(C(=O)NCc3ccc(F)cc3F)cn21. The summed E-state index contributed by atoms with van der Waals surface area (Å²) in [6.07, 6.45) is 1.14. The number of halogens is 2. The Balaban J connectivity index is 1.38. The van der Waals surface area contributed by atoms with Gasteiger partial charge in [0.15, 0.2) is 22.9 Å². The molecule has 186 valence electrons. The van der Waals surface area contributed by atoms with Crippen LogP contribution >= 0.6 is 0 Å². The van der Waals surface area contributed by atoms with Crippen LogP contribution in [0.3, 0.4) is 0 Å². The molecule has 5 rings (SSSR count). The molecule has 0 spiro atoms. The molecule has 2 N–H and O–H groups in total. The molecule has 2 aromatic carbocycles. The van der Waals surface area contributed by atoms with Gasteiger partial charge in [-0.15, -0.1) is 0 Å². The highest BCUT2D eigenvalue weighted by molar-refractivity contribution is 5.99. The molecule has 0 radical (unpaired) electrons. The number of hydrogen-bond acceptors (Lipinski definition) is 7. The minimum Gasteiger partial charge on any atom is -0.502 e. The third kappa shape index (κ3) is 4.06. The van der Waals surface area contributed by atoms with Crippen LogP contribution in [0.25, 0.3) is 0 Å². The molecule has 36 heavy (non-hydrogen) atoms. The van der Waals surface area contributed by atoms with Gasteiger partial charge in [0.1, 0.15) is 23.9 Å². The van der Waals surface area contributed by atoms with Crippen molar-refractivity contribution in [3.8, 4) is 17.2 Å². The molecule has 1 aromatic heterocycles. The van der Waals surface area contributed by atoms with E-state index in [-0.39, 0.29) is 37.8 Å². The van der Waals surface area contributed by atoms with E-state index < -0.39 is 40.2 Å². The summed E-state index contributed by atoms with van der Waals surface area (Å²) in [5, 5.41) is 14.5.